The minimum atomic E-state index is -0.202. The molecule has 1 N–H and O–H groups in total. The van der Waals surface area contributed by atoms with Gasteiger partial charge in [-0.15, -0.1) is 0 Å². The molecule has 0 unspecified atom stereocenters. The van der Waals surface area contributed by atoms with E-state index in [1.54, 1.807) is 12.4 Å². The van der Waals surface area contributed by atoms with Crippen LogP contribution in [0.15, 0.2) is 29.6 Å². The molecule has 0 amide bonds. The van der Waals surface area contributed by atoms with Gasteiger partial charge in [-0.05, 0) is 20.8 Å². The molecule has 0 saturated carbocycles. The fourth-order valence-corrected chi connectivity index (χ4v) is 1.32. The third-order valence-electron chi connectivity index (χ3n) is 2.24. The van der Waals surface area contributed by atoms with Crippen molar-refractivity contribution in [2.24, 2.45) is 0 Å². The van der Waals surface area contributed by atoms with Gasteiger partial charge in [0.2, 0.25) is 0 Å². The quantitative estimate of drug-likeness (QED) is 0.786. The van der Waals surface area contributed by atoms with Gasteiger partial charge < -0.3 is 4.98 Å². The van der Waals surface area contributed by atoms with Crippen LogP contribution in [0.2, 0.25) is 0 Å². The Morgan fingerprint density at radius 3 is 2.56 bits per heavy atom. The van der Waals surface area contributed by atoms with Crippen LogP contribution < -0.4 is 5.56 Å². The van der Waals surface area contributed by atoms with Crippen LogP contribution in [0.25, 0.3) is 11.3 Å². The molecule has 2 heterocycles. The second-order valence-corrected chi connectivity index (χ2v) is 4.64. The Balaban J connectivity index is 2.39. The number of nitrogens with one attached hydrogen (secondary N) is 1. The number of aromatic nitrogens is 4. The van der Waals surface area contributed by atoms with Crippen LogP contribution in [-0.2, 0) is 5.54 Å². The summed E-state index contributed by atoms with van der Waals surface area (Å²) in [7, 11) is 0. The summed E-state index contributed by atoms with van der Waals surface area (Å²) in [6.45, 7) is 6.22. The Morgan fingerprint density at radius 1 is 1.31 bits per heavy atom. The molecule has 0 spiro atoms. The summed E-state index contributed by atoms with van der Waals surface area (Å²) in [5.41, 5.74) is 1.36. The second kappa shape index (κ2) is 3.59. The van der Waals surface area contributed by atoms with E-state index in [2.05, 4.69) is 35.8 Å². The van der Waals surface area contributed by atoms with Crippen molar-refractivity contribution in [1.29, 1.82) is 0 Å². The standard InChI is InChI=1S/C11H14N4O/c1-11(2,3)15-7-8(4-14-15)9-5-13-10(16)6-12-9/h4-7H,1-3H3,(H,13,16). The highest BCUT2D eigenvalue weighted by Gasteiger charge is 2.14. The highest BCUT2D eigenvalue weighted by Crippen LogP contribution is 2.18. The summed E-state index contributed by atoms with van der Waals surface area (Å²) in [4.78, 5) is 17.5. The van der Waals surface area contributed by atoms with E-state index >= 15 is 0 Å². The fourth-order valence-electron chi connectivity index (χ4n) is 1.32. The first-order valence-corrected chi connectivity index (χ1v) is 5.07. The molecule has 16 heavy (non-hydrogen) atoms. The lowest BCUT2D eigenvalue weighted by Crippen LogP contribution is -2.21. The number of rotatable bonds is 1. The first kappa shape index (κ1) is 10.6. The molecule has 2 rings (SSSR count). The Hall–Kier alpha value is -1.91. The van der Waals surface area contributed by atoms with Gasteiger partial charge in [0.1, 0.15) is 0 Å². The summed E-state index contributed by atoms with van der Waals surface area (Å²) >= 11 is 0. The molecule has 0 fully saturated rings. The molecule has 0 aliphatic heterocycles. The zero-order valence-corrected chi connectivity index (χ0v) is 9.56. The molecule has 2 aromatic heterocycles. The summed E-state index contributed by atoms with van der Waals surface area (Å²) < 4.78 is 1.87. The number of aromatic amines is 1. The molecular formula is C11H14N4O. The van der Waals surface area contributed by atoms with Crippen LogP contribution in [0, 0.1) is 0 Å². The van der Waals surface area contributed by atoms with E-state index in [4.69, 9.17) is 0 Å². The van der Waals surface area contributed by atoms with E-state index in [0.29, 0.717) is 0 Å². The lowest BCUT2D eigenvalue weighted by atomic mass is 10.1. The van der Waals surface area contributed by atoms with Gasteiger partial charge in [0.15, 0.2) is 0 Å². The van der Waals surface area contributed by atoms with Gasteiger partial charge in [-0.2, -0.15) is 5.10 Å². The number of H-pyrrole nitrogens is 1. The molecule has 2 aromatic rings. The number of nitrogens with zero attached hydrogens (tertiary/aromatic N) is 3. The van der Waals surface area contributed by atoms with Gasteiger partial charge in [0, 0.05) is 18.0 Å². The van der Waals surface area contributed by atoms with Gasteiger partial charge in [0.25, 0.3) is 5.56 Å². The largest absolute Gasteiger partial charge is 0.326 e. The SMILES string of the molecule is CC(C)(C)n1cc(-c2c[nH]c(=O)cn2)cn1. The average Bonchev–Trinajstić information content (AvgIpc) is 2.67. The third kappa shape index (κ3) is 2.03. The molecule has 0 saturated heterocycles. The van der Waals surface area contributed by atoms with Crippen molar-refractivity contribution in [3.05, 3.63) is 35.1 Å². The van der Waals surface area contributed by atoms with E-state index in [1.165, 1.54) is 6.20 Å². The van der Waals surface area contributed by atoms with Crippen molar-refractivity contribution in [2.75, 3.05) is 0 Å². The first-order valence-electron chi connectivity index (χ1n) is 5.07. The lowest BCUT2D eigenvalue weighted by Gasteiger charge is -2.18. The monoisotopic (exact) mass is 218 g/mol. The van der Waals surface area contributed by atoms with Crippen LogP contribution in [0.4, 0.5) is 0 Å². The van der Waals surface area contributed by atoms with Crippen molar-refractivity contribution in [3.8, 4) is 11.3 Å². The Bertz CT molecular complexity index is 527. The van der Waals surface area contributed by atoms with Crippen LogP contribution in [-0.4, -0.2) is 19.7 Å². The predicted molar refractivity (Wildman–Crippen MR) is 61.1 cm³/mol. The molecular weight excluding hydrogens is 204 g/mol. The topological polar surface area (TPSA) is 63.6 Å². The van der Waals surface area contributed by atoms with Crippen molar-refractivity contribution in [2.45, 2.75) is 26.3 Å². The predicted octanol–water partition coefficient (Wildman–Crippen LogP) is 1.39. The average molecular weight is 218 g/mol. The highest BCUT2D eigenvalue weighted by atomic mass is 16.1. The van der Waals surface area contributed by atoms with Crippen LogP contribution in [0.3, 0.4) is 0 Å². The summed E-state index contributed by atoms with van der Waals surface area (Å²) in [5, 5.41) is 4.27. The highest BCUT2D eigenvalue weighted by molar-refractivity contribution is 5.55. The molecule has 84 valence electrons. The Labute approximate surface area is 93.2 Å². The Kier molecular flexibility index (Phi) is 2.38. The maximum Gasteiger partial charge on any atom is 0.266 e. The van der Waals surface area contributed by atoms with Gasteiger partial charge in [0.05, 0.1) is 23.6 Å². The summed E-state index contributed by atoms with van der Waals surface area (Å²) in [5.74, 6) is 0. The second-order valence-electron chi connectivity index (χ2n) is 4.64. The van der Waals surface area contributed by atoms with E-state index < -0.39 is 0 Å². The smallest absolute Gasteiger partial charge is 0.266 e. The molecule has 0 aromatic carbocycles. The zero-order valence-electron chi connectivity index (χ0n) is 9.56. The molecule has 0 aliphatic rings. The van der Waals surface area contributed by atoms with Gasteiger partial charge >= 0.3 is 0 Å². The van der Waals surface area contributed by atoms with E-state index in [-0.39, 0.29) is 11.1 Å². The lowest BCUT2D eigenvalue weighted by molar-refractivity contribution is 0.355. The molecule has 0 atom stereocenters. The summed E-state index contributed by atoms with van der Waals surface area (Å²) in [6.07, 6.45) is 6.52. The van der Waals surface area contributed by atoms with E-state index in [0.717, 1.165) is 11.3 Å². The van der Waals surface area contributed by atoms with Crippen molar-refractivity contribution >= 4 is 0 Å². The minimum absolute atomic E-state index is 0.0551. The molecule has 0 aliphatic carbocycles. The van der Waals surface area contributed by atoms with Crippen LogP contribution in [0.1, 0.15) is 20.8 Å². The zero-order chi connectivity index (χ0) is 11.8. The van der Waals surface area contributed by atoms with Crippen molar-refractivity contribution in [1.82, 2.24) is 19.7 Å². The summed E-state index contributed by atoms with van der Waals surface area (Å²) in [6, 6.07) is 0. The molecule has 5 heteroatoms. The van der Waals surface area contributed by atoms with Gasteiger partial charge in [-0.1, -0.05) is 0 Å². The maximum absolute atomic E-state index is 10.9. The Morgan fingerprint density at radius 2 is 2.06 bits per heavy atom. The van der Waals surface area contributed by atoms with Gasteiger partial charge in [-0.25, -0.2) is 4.98 Å². The molecule has 0 bridgehead atoms. The number of hydrogen-bond donors (Lipinski definition) is 1. The van der Waals surface area contributed by atoms with Gasteiger partial charge in [-0.3, -0.25) is 9.48 Å². The normalized spacial score (nSPS) is 11.7. The van der Waals surface area contributed by atoms with Crippen molar-refractivity contribution in [3.63, 3.8) is 0 Å². The van der Waals surface area contributed by atoms with E-state index in [1.807, 2.05) is 10.9 Å². The minimum Gasteiger partial charge on any atom is -0.326 e. The fraction of sp³-hybridized carbons (Fsp3) is 0.364. The third-order valence-corrected chi connectivity index (χ3v) is 2.24. The van der Waals surface area contributed by atoms with Crippen LogP contribution in [0.5, 0.6) is 0 Å². The van der Waals surface area contributed by atoms with Crippen LogP contribution >= 0.6 is 0 Å². The maximum atomic E-state index is 10.9. The molecule has 5 nitrogen and oxygen atoms in total. The van der Waals surface area contributed by atoms with E-state index in [9.17, 15) is 4.79 Å². The number of hydrogen-bond acceptors (Lipinski definition) is 3. The first-order chi connectivity index (χ1) is 7.47. The molecule has 0 radical (unpaired) electrons. The van der Waals surface area contributed by atoms with Crippen molar-refractivity contribution < 1.29 is 0 Å².